The van der Waals surface area contributed by atoms with Gasteiger partial charge in [-0.1, -0.05) is 15.9 Å². The zero-order valence-corrected chi connectivity index (χ0v) is 20.7. The van der Waals surface area contributed by atoms with Crippen molar-refractivity contribution in [3.05, 3.63) is 53.3 Å². The quantitative estimate of drug-likeness (QED) is 0.388. The molecule has 0 bridgehead atoms. The van der Waals surface area contributed by atoms with E-state index in [-0.39, 0.29) is 12.1 Å². The van der Waals surface area contributed by atoms with Crippen LogP contribution < -0.4 is 0 Å². The number of aromatic nitrogens is 6. The number of carbonyl (C=O) groups excluding carboxylic acids is 1. The van der Waals surface area contributed by atoms with E-state index in [0.717, 1.165) is 45.4 Å². The van der Waals surface area contributed by atoms with E-state index < -0.39 is 5.60 Å². The van der Waals surface area contributed by atoms with E-state index in [1.165, 1.54) is 0 Å². The van der Waals surface area contributed by atoms with E-state index in [0.29, 0.717) is 18.1 Å². The fraction of sp³-hybridized carbons (Fsp3) is 0.333. The highest BCUT2D eigenvalue weighted by Crippen LogP contribution is 2.32. The molecule has 1 amide bonds. The molecule has 174 valence electrons. The summed E-state index contributed by atoms with van der Waals surface area (Å²) in [4.78, 5) is 40.3. The van der Waals surface area contributed by atoms with Gasteiger partial charge in [0.25, 0.3) is 0 Å². The van der Waals surface area contributed by atoms with Crippen molar-refractivity contribution in [3.8, 4) is 22.8 Å². The molecule has 1 fully saturated rings. The summed E-state index contributed by atoms with van der Waals surface area (Å²) in [6.45, 7) is 6.25. The van der Waals surface area contributed by atoms with Crippen molar-refractivity contribution in [3.63, 3.8) is 0 Å². The maximum absolute atomic E-state index is 12.6. The number of fused-ring (bicyclic) bond motifs is 1. The van der Waals surface area contributed by atoms with Crippen LogP contribution in [0.3, 0.4) is 0 Å². The number of hydrogen-bond acceptors (Lipinski definition) is 7. The molecule has 0 spiro atoms. The Morgan fingerprint density at radius 2 is 1.88 bits per heavy atom. The summed E-state index contributed by atoms with van der Waals surface area (Å²) >= 11 is 3.44. The molecule has 1 aliphatic heterocycles. The monoisotopic (exact) mass is 521 g/mol. The van der Waals surface area contributed by atoms with Crippen LogP contribution in [0, 0.1) is 0 Å². The molecule has 0 aliphatic carbocycles. The van der Waals surface area contributed by atoms with Crippen molar-refractivity contribution in [2.75, 3.05) is 6.54 Å². The molecule has 4 aromatic rings. The lowest BCUT2D eigenvalue weighted by Crippen LogP contribution is -2.36. The lowest BCUT2D eigenvalue weighted by molar-refractivity contribution is 0.0218. The molecule has 4 heterocycles. The van der Waals surface area contributed by atoms with Crippen molar-refractivity contribution in [1.29, 1.82) is 0 Å². The number of nitrogens with one attached hydrogen (secondary N) is 1. The van der Waals surface area contributed by atoms with E-state index in [1.54, 1.807) is 29.7 Å². The number of halogens is 1. The molecule has 3 aromatic heterocycles. The fourth-order valence-electron chi connectivity index (χ4n) is 3.93. The van der Waals surface area contributed by atoms with Gasteiger partial charge in [-0.05, 0) is 51.8 Å². The summed E-state index contributed by atoms with van der Waals surface area (Å²) in [5, 5.41) is 0. The van der Waals surface area contributed by atoms with Crippen LogP contribution in [0.1, 0.15) is 45.5 Å². The third kappa shape index (κ3) is 4.63. The van der Waals surface area contributed by atoms with Gasteiger partial charge in [-0.3, -0.25) is 9.88 Å². The smallest absolute Gasteiger partial charge is 0.410 e. The SMILES string of the molecule is CC(C)(C)OC(=O)N1CCC[C@H]1c1ncc(-c2cnc(-c3cnc4cc(Br)ccc4n3)nc2)[nH]1. The molecule has 0 saturated carbocycles. The van der Waals surface area contributed by atoms with Crippen molar-refractivity contribution >= 4 is 33.1 Å². The van der Waals surface area contributed by atoms with Gasteiger partial charge in [-0.15, -0.1) is 0 Å². The summed E-state index contributed by atoms with van der Waals surface area (Å²) in [5.74, 6) is 1.22. The van der Waals surface area contributed by atoms with Crippen LogP contribution >= 0.6 is 15.9 Å². The van der Waals surface area contributed by atoms with Crippen molar-refractivity contribution < 1.29 is 9.53 Å². The van der Waals surface area contributed by atoms with Crippen LogP contribution in [-0.4, -0.2) is 53.0 Å². The Hall–Kier alpha value is -3.40. The Balaban J connectivity index is 1.34. The Labute approximate surface area is 205 Å². The van der Waals surface area contributed by atoms with Crippen LogP contribution in [0.15, 0.2) is 47.5 Å². The van der Waals surface area contributed by atoms with Gasteiger partial charge in [0.1, 0.15) is 17.1 Å². The number of hydrogen-bond donors (Lipinski definition) is 1. The van der Waals surface area contributed by atoms with E-state index in [1.807, 2.05) is 39.0 Å². The molecule has 1 saturated heterocycles. The molecule has 34 heavy (non-hydrogen) atoms. The molecule has 0 unspecified atom stereocenters. The first-order valence-corrected chi connectivity index (χ1v) is 11.9. The summed E-state index contributed by atoms with van der Waals surface area (Å²) < 4.78 is 6.52. The Kier molecular flexibility index (Phi) is 5.76. The molecule has 10 heteroatoms. The average Bonchev–Trinajstić information content (AvgIpc) is 3.47. The second kappa shape index (κ2) is 8.75. The topological polar surface area (TPSA) is 110 Å². The van der Waals surface area contributed by atoms with Gasteiger partial charge in [-0.2, -0.15) is 0 Å². The number of H-pyrrole nitrogens is 1. The molecule has 1 atom stereocenters. The van der Waals surface area contributed by atoms with Gasteiger partial charge in [0.2, 0.25) is 0 Å². The summed E-state index contributed by atoms with van der Waals surface area (Å²) in [6, 6.07) is 5.60. The summed E-state index contributed by atoms with van der Waals surface area (Å²) in [5.41, 5.74) is 3.22. The van der Waals surface area contributed by atoms with Crippen molar-refractivity contribution in [2.24, 2.45) is 0 Å². The van der Waals surface area contributed by atoms with E-state index in [9.17, 15) is 4.79 Å². The minimum atomic E-state index is -0.538. The highest BCUT2D eigenvalue weighted by Gasteiger charge is 2.34. The van der Waals surface area contributed by atoms with Crippen LogP contribution in [0.2, 0.25) is 0 Å². The largest absolute Gasteiger partial charge is 0.444 e. The number of imidazole rings is 1. The van der Waals surface area contributed by atoms with Crippen LogP contribution in [0.4, 0.5) is 4.79 Å². The Bertz CT molecular complexity index is 1350. The molecule has 1 aromatic carbocycles. The number of nitrogens with zero attached hydrogens (tertiary/aromatic N) is 6. The van der Waals surface area contributed by atoms with Crippen molar-refractivity contribution in [2.45, 2.75) is 45.3 Å². The first-order valence-electron chi connectivity index (χ1n) is 11.1. The molecular formula is C24H24BrN7O2. The number of aromatic amines is 1. The third-order valence-corrected chi connectivity index (χ3v) is 5.98. The number of likely N-dealkylation sites (tertiary alicyclic amines) is 1. The van der Waals surface area contributed by atoms with Crippen LogP contribution in [0.25, 0.3) is 33.8 Å². The average molecular weight is 522 g/mol. The highest BCUT2D eigenvalue weighted by atomic mass is 79.9. The predicted octanol–water partition coefficient (Wildman–Crippen LogP) is 5.31. The normalized spacial score (nSPS) is 16.2. The zero-order valence-electron chi connectivity index (χ0n) is 19.1. The minimum absolute atomic E-state index is 0.142. The van der Waals surface area contributed by atoms with Gasteiger partial charge in [-0.25, -0.2) is 24.7 Å². The maximum atomic E-state index is 12.6. The van der Waals surface area contributed by atoms with E-state index >= 15 is 0 Å². The minimum Gasteiger partial charge on any atom is -0.444 e. The third-order valence-electron chi connectivity index (χ3n) is 5.49. The molecule has 0 radical (unpaired) electrons. The van der Waals surface area contributed by atoms with Gasteiger partial charge in [0.05, 0.1) is 35.2 Å². The lowest BCUT2D eigenvalue weighted by Gasteiger charge is -2.27. The van der Waals surface area contributed by atoms with Gasteiger partial charge in [0, 0.05) is 29.0 Å². The van der Waals surface area contributed by atoms with Crippen molar-refractivity contribution in [1.82, 2.24) is 34.8 Å². The number of amides is 1. The molecule has 1 aliphatic rings. The zero-order chi connectivity index (χ0) is 23.9. The number of benzene rings is 1. The standard InChI is InChI=1S/C24H24BrN7O2/c1-24(2,3)34-23(33)32-8-4-5-20(32)22-29-12-18(31-22)14-10-27-21(28-11-14)19-13-26-17-9-15(25)6-7-16(17)30-19/h6-7,9-13,20H,4-5,8H2,1-3H3,(H,29,31)/t20-/m0/s1. The second-order valence-corrected chi connectivity index (χ2v) is 10.1. The number of carbonyl (C=O) groups is 1. The molecular weight excluding hydrogens is 498 g/mol. The van der Waals surface area contributed by atoms with Crippen LogP contribution in [0.5, 0.6) is 0 Å². The first-order chi connectivity index (χ1) is 16.3. The van der Waals surface area contributed by atoms with Gasteiger partial charge < -0.3 is 9.72 Å². The molecule has 5 rings (SSSR count). The van der Waals surface area contributed by atoms with E-state index in [2.05, 4.69) is 45.8 Å². The molecule has 1 N–H and O–H groups in total. The fourth-order valence-corrected chi connectivity index (χ4v) is 4.28. The number of rotatable bonds is 3. The van der Waals surface area contributed by atoms with Gasteiger partial charge >= 0.3 is 6.09 Å². The Morgan fingerprint density at radius 1 is 1.09 bits per heavy atom. The Morgan fingerprint density at radius 3 is 2.65 bits per heavy atom. The number of ether oxygens (including phenoxy) is 1. The lowest BCUT2D eigenvalue weighted by atomic mass is 10.2. The van der Waals surface area contributed by atoms with E-state index in [4.69, 9.17) is 4.74 Å². The summed E-state index contributed by atoms with van der Waals surface area (Å²) in [7, 11) is 0. The summed E-state index contributed by atoms with van der Waals surface area (Å²) in [6.07, 6.45) is 8.29. The molecule has 9 nitrogen and oxygen atoms in total. The van der Waals surface area contributed by atoms with Gasteiger partial charge in [0.15, 0.2) is 5.82 Å². The maximum Gasteiger partial charge on any atom is 0.410 e. The highest BCUT2D eigenvalue weighted by molar-refractivity contribution is 9.10. The predicted molar refractivity (Wildman–Crippen MR) is 131 cm³/mol. The van der Waals surface area contributed by atoms with Crippen LogP contribution in [-0.2, 0) is 4.74 Å². The first kappa shape index (κ1) is 22.4. The second-order valence-electron chi connectivity index (χ2n) is 9.20.